The molecule has 0 aliphatic heterocycles. The minimum Gasteiger partial charge on any atom is -0.485 e. The molecule has 0 aliphatic rings. The van der Waals surface area contributed by atoms with Crippen molar-refractivity contribution < 1.29 is 9.15 Å². The highest BCUT2D eigenvalue weighted by Gasteiger charge is 2.11. The molecule has 2 aromatic heterocycles. The molecule has 0 radical (unpaired) electrons. The zero-order valence-corrected chi connectivity index (χ0v) is 15.5. The van der Waals surface area contributed by atoms with E-state index in [2.05, 4.69) is 15.5 Å². The Morgan fingerprint density at radius 1 is 1.11 bits per heavy atom. The summed E-state index contributed by atoms with van der Waals surface area (Å²) >= 11 is 12.0. The van der Waals surface area contributed by atoms with Gasteiger partial charge in [0.2, 0.25) is 0 Å². The van der Waals surface area contributed by atoms with E-state index in [-0.39, 0.29) is 6.61 Å². The second-order valence-corrected chi connectivity index (χ2v) is 6.61. The van der Waals surface area contributed by atoms with Crippen LogP contribution in [0.4, 0.5) is 0 Å². The first-order chi connectivity index (χ1) is 13.0. The van der Waals surface area contributed by atoms with Crippen molar-refractivity contribution in [3.63, 3.8) is 0 Å². The lowest BCUT2D eigenvalue weighted by Crippen LogP contribution is -2.07. The number of ether oxygens (including phenoxy) is 1. The molecule has 0 unspecified atom stereocenters. The number of benzene rings is 2. The van der Waals surface area contributed by atoms with E-state index in [1.807, 2.05) is 13.0 Å². The second-order valence-electron chi connectivity index (χ2n) is 5.80. The lowest BCUT2D eigenvalue weighted by atomic mass is 10.1. The number of tetrazole rings is 1. The van der Waals surface area contributed by atoms with Gasteiger partial charge in [-0.1, -0.05) is 23.2 Å². The van der Waals surface area contributed by atoms with Crippen LogP contribution in [-0.4, -0.2) is 20.2 Å². The number of halogens is 2. The molecule has 0 fully saturated rings. The summed E-state index contributed by atoms with van der Waals surface area (Å²) in [6, 6.07) is 11.8. The molecular formula is C18H12Cl2N4O3. The average molecular weight is 403 g/mol. The number of rotatable bonds is 4. The normalized spacial score (nSPS) is 11.1. The summed E-state index contributed by atoms with van der Waals surface area (Å²) in [4.78, 5) is 11.6. The second kappa shape index (κ2) is 7.02. The highest BCUT2D eigenvalue weighted by atomic mass is 35.5. The summed E-state index contributed by atoms with van der Waals surface area (Å²) in [6.07, 6.45) is 0. The third-order valence-electron chi connectivity index (χ3n) is 3.97. The molecule has 2 heterocycles. The van der Waals surface area contributed by atoms with Gasteiger partial charge in [0, 0.05) is 17.5 Å². The molecule has 0 bridgehead atoms. The highest BCUT2D eigenvalue weighted by Crippen LogP contribution is 2.25. The summed E-state index contributed by atoms with van der Waals surface area (Å²) < 4.78 is 12.5. The third kappa shape index (κ3) is 3.51. The number of fused-ring (bicyclic) bond motifs is 1. The standard InChI is InChI=1S/C18H12Cl2N4O3/c1-10-6-18(25)27-16-8-12(3-4-13(10)16)26-9-17-21-22-23-24(17)11-2-5-14(19)15(20)7-11/h2-8H,9H2,1H3. The number of hydrogen-bond donors (Lipinski definition) is 0. The zero-order valence-electron chi connectivity index (χ0n) is 14.0. The van der Waals surface area contributed by atoms with Crippen molar-refractivity contribution in [1.82, 2.24) is 20.2 Å². The van der Waals surface area contributed by atoms with Gasteiger partial charge in [0.1, 0.15) is 17.9 Å². The van der Waals surface area contributed by atoms with Gasteiger partial charge in [-0.05, 0) is 53.2 Å². The Bertz CT molecular complexity index is 1200. The van der Waals surface area contributed by atoms with Crippen molar-refractivity contribution in [2.75, 3.05) is 0 Å². The molecule has 4 aromatic rings. The van der Waals surface area contributed by atoms with Crippen LogP contribution in [0.25, 0.3) is 16.7 Å². The Balaban J connectivity index is 1.59. The molecule has 9 heteroatoms. The molecule has 2 aromatic carbocycles. The van der Waals surface area contributed by atoms with Gasteiger partial charge in [-0.15, -0.1) is 5.10 Å². The number of aromatic nitrogens is 4. The molecular weight excluding hydrogens is 391 g/mol. The minimum absolute atomic E-state index is 0.106. The predicted octanol–water partition coefficient (Wildman–Crippen LogP) is 3.96. The van der Waals surface area contributed by atoms with Crippen LogP contribution in [0.15, 0.2) is 51.7 Å². The van der Waals surface area contributed by atoms with E-state index in [0.29, 0.717) is 32.9 Å². The maximum absolute atomic E-state index is 11.6. The Labute approximate surface area is 163 Å². The number of aryl methyl sites for hydroxylation is 1. The van der Waals surface area contributed by atoms with Crippen LogP contribution in [0.5, 0.6) is 5.75 Å². The molecule has 7 nitrogen and oxygen atoms in total. The topological polar surface area (TPSA) is 83.0 Å². The van der Waals surface area contributed by atoms with Crippen molar-refractivity contribution in [3.05, 3.63) is 74.3 Å². The highest BCUT2D eigenvalue weighted by molar-refractivity contribution is 6.42. The van der Waals surface area contributed by atoms with Gasteiger partial charge in [0.05, 0.1) is 15.7 Å². The molecule has 27 heavy (non-hydrogen) atoms. The molecule has 0 N–H and O–H groups in total. The fraction of sp³-hybridized carbons (Fsp3) is 0.111. The van der Waals surface area contributed by atoms with E-state index in [9.17, 15) is 4.79 Å². The Morgan fingerprint density at radius 2 is 1.96 bits per heavy atom. The first kappa shape index (κ1) is 17.5. The van der Waals surface area contributed by atoms with Crippen LogP contribution in [0.3, 0.4) is 0 Å². The Morgan fingerprint density at radius 3 is 2.78 bits per heavy atom. The molecule has 0 spiro atoms. The largest absolute Gasteiger partial charge is 0.485 e. The number of nitrogens with zero attached hydrogens (tertiary/aromatic N) is 4. The van der Waals surface area contributed by atoms with Crippen LogP contribution < -0.4 is 10.4 Å². The van der Waals surface area contributed by atoms with E-state index >= 15 is 0 Å². The van der Waals surface area contributed by atoms with Crippen LogP contribution >= 0.6 is 23.2 Å². The Hall–Kier alpha value is -2.90. The van der Waals surface area contributed by atoms with Crippen molar-refractivity contribution in [3.8, 4) is 11.4 Å². The summed E-state index contributed by atoms with van der Waals surface area (Å²) in [6.45, 7) is 1.96. The van der Waals surface area contributed by atoms with Gasteiger partial charge >= 0.3 is 5.63 Å². The summed E-state index contributed by atoms with van der Waals surface area (Å²) in [5.74, 6) is 0.999. The first-order valence-corrected chi connectivity index (χ1v) is 8.67. The average Bonchev–Trinajstić information content (AvgIpc) is 3.10. The van der Waals surface area contributed by atoms with Crippen molar-refractivity contribution in [2.24, 2.45) is 0 Å². The van der Waals surface area contributed by atoms with Crippen LogP contribution in [-0.2, 0) is 6.61 Å². The summed E-state index contributed by atoms with van der Waals surface area (Å²) in [5.41, 5.74) is 1.56. The first-order valence-electron chi connectivity index (χ1n) is 7.91. The third-order valence-corrected chi connectivity index (χ3v) is 4.71. The van der Waals surface area contributed by atoms with E-state index in [4.69, 9.17) is 32.4 Å². The fourth-order valence-corrected chi connectivity index (χ4v) is 2.95. The summed E-state index contributed by atoms with van der Waals surface area (Å²) in [7, 11) is 0. The van der Waals surface area contributed by atoms with E-state index in [1.54, 1.807) is 30.3 Å². The van der Waals surface area contributed by atoms with Gasteiger partial charge in [-0.2, -0.15) is 4.68 Å². The fourth-order valence-electron chi connectivity index (χ4n) is 2.66. The monoisotopic (exact) mass is 402 g/mol. The van der Waals surface area contributed by atoms with Gasteiger partial charge in [-0.3, -0.25) is 0 Å². The Kier molecular flexibility index (Phi) is 4.55. The van der Waals surface area contributed by atoms with Crippen LogP contribution in [0.1, 0.15) is 11.4 Å². The van der Waals surface area contributed by atoms with E-state index in [1.165, 1.54) is 10.7 Å². The molecule has 0 aliphatic carbocycles. The molecule has 0 atom stereocenters. The van der Waals surface area contributed by atoms with Gasteiger partial charge in [0.25, 0.3) is 0 Å². The maximum atomic E-state index is 11.6. The van der Waals surface area contributed by atoms with Gasteiger partial charge < -0.3 is 9.15 Å². The molecule has 0 saturated carbocycles. The quantitative estimate of drug-likeness (QED) is 0.480. The smallest absolute Gasteiger partial charge is 0.336 e. The predicted molar refractivity (Wildman–Crippen MR) is 101 cm³/mol. The minimum atomic E-state index is -0.402. The van der Waals surface area contributed by atoms with Crippen LogP contribution in [0.2, 0.25) is 10.0 Å². The zero-order chi connectivity index (χ0) is 19.0. The maximum Gasteiger partial charge on any atom is 0.336 e. The van der Waals surface area contributed by atoms with Gasteiger partial charge in [-0.25, -0.2) is 4.79 Å². The molecule has 0 saturated heterocycles. The van der Waals surface area contributed by atoms with Crippen molar-refractivity contribution >= 4 is 34.2 Å². The molecule has 136 valence electrons. The lowest BCUT2D eigenvalue weighted by molar-refractivity contribution is 0.292. The molecule has 4 rings (SSSR count). The lowest BCUT2D eigenvalue weighted by Gasteiger charge is -2.08. The van der Waals surface area contributed by atoms with E-state index in [0.717, 1.165) is 10.9 Å². The summed E-state index contributed by atoms with van der Waals surface area (Å²) in [5, 5.41) is 13.3. The van der Waals surface area contributed by atoms with Crippen LogP contribution in [0, 0.1) is 6.92 Å². The SMILES string of the molecule is Cc1cc(=O)oc2cc(OCc3nnnn3-c3ccc(Cl)c(Cl)c3)ccc12. The van der Waals surface area contributed by atoms with Gasteiger partial charge in [0.15, 0.2) is 5.82 Å². The van der Waals surface area contributed by atoms with E-state index < -0.39 is 5.63 Å². The number of hydrogen-bond acceptors (Lipinski definition) is 6. The molecule has 0 amide bonds. The van der Waals surface area contributed by atoms with Crippen molar-refractivity contribution in [2.45, 2.75) is 13.5 Å². The van der Waals surface area contributed by atoms with Crippen molar-refractivity contribution in [1.29, 1.82) is 0 Å².